The third kappa shape index (κ3) is 2.52. The molecule has 3 nitrogen and oxygen atoms in total. The summed E-state index contributed by atoms with van der Waals surface area (Å²) in [7, 11) is 3.96. The van der Waals surface area contributed by atoms with E-state index >= 15 is 0 Å². The van der Waals surface area contributed by atoms with Gasteiger partial charge in [0.2, 0.25) is 0 Å². The van der Waals surface area contributed by atoms with Gasteiger partial charge in [0, 0.05) is 25.2 Å². The van der Waals surface area contributed by atoms with Crippen molar-refractivity contribution in [2.45, 2.75) is 13.0 Å². The van der Waals surface area contributed by atoms with Crippen LogP contribution in [-0.4, -0.2) is 19.2 Å². The smallest absolute Gasteiger partial charge is 0.138 e. The Balaban J connectivity index is 2.02. The number of para-hydroxylation sites is 1. The van der Waals surface area contributed by atoms with Crippen LogP contribution in [0.1, 0.15) is 23.0 Å². The quantitative estimate of drug-likeness (QED) is 0.791. The number of hydrogen-bond acceptors (Lipinski definition) is 3. The van der Waals surface area contributed by atoms with Gasteiger partial charge in [-0.1, -0.05) is 30.3 Å². The Bertz CT molecular complexity index is 774. The molecule has 0 radical (unpaired) electrons. The molecule has 3 heteroatoms. The Morgan fingerprint density at radius 3 is 2.52 bits per heavy atom. The van der Waals surface area contributed by atoms with Crippen molar-refractivity contribution >= 4 is 16.7 Å². The zero-order valence-electron chi connectivity index (χ0n) is 12.5. The fourth-order valence-corrected chi connectivity index (χ4v) is 2.50. The van der Waals surface area contributed by atoms with Crippen LogP contribution in [0.4, 0.5) is 5.69 Å². The molecule has 0 amide bonds. The molecule has 0 bridgehead atoms. The molecule has 1 aromatic heterocycles. The number of furan rings is 1. The summed E-state index contributed by atoms with van der Waals surface area (Å²) in [5.41, 5.74) is 3.81. The van der Waals surface area contributed by atoms with Crippen molar-refractivity contribution in [3.63, 3.8) is 0 Å². The van der Waals surface area contributed by atoms with Crippen molar-refractivity contribution in [2.24, 2.45) is 0 Å². The van der Waals surface area contributed by atoms with Crippen LogP contribution in [0, 0.1) is 6.92 Å². The van der Waals surface area contributed by atoms with Gasteiger partial charge in [-0.3, -0.25) is 0 Å². The average Bonchev–Trinajstić information content (AvgIpc) is 2.92. The molecule has 3 aromatic rings. The van der Waals surface area contributed by atoms with Gasteiger partial charge in [-0.25, -0.2) is 0 Å². The predicted octanol–water partition coefficient (Wildman–Crippen LogP) is 3.89. The lowest BCUT2D eigenvalue weighted by Crippen LogP contribution is -2.09. The lowest BCUT2D eigenvalue weighted by atomic mass is 10.1. The molecule has 1 unspecified atom stereocenters. The van der Waals surface area contributed by atoms with Crippen LogP contribution >= 0.6 is 0 Å². The first-order chi connectivity index (χ1) is 10.1. The highest BCUT2D eigenvalue weighted by Gasteiger charge is 2.16. The highest BCUT2D eigenvalue weighted by molar-refractivity contribution is 5.81. The number of hydrogen-bond donors (Lipinski definition) is 1. The van der Waals surface area contributed by atoms with E-state index < -0.39 is 6.10 Å². The Kier molecular flexibility index (Phi) is 3.43. The first-order valence-electron chi connectivity index (χ1n) is 7.00. The van der Waals surface area contributed by atoms with Crippen LogP contribution in [0.5, 0.6) is 0 Å². The van der Waals surface area contributed by atoms with Gasteiger partial charge in [0.05, 0.1) is 0 Å². The molecule has 0 aliphatic rings. The van der Waals surface area contributed by atoms with Gasteiger partial charge in [-0.2, -0.15) is 0 Å². The van der Waals surface area contributed by atoms with Crippen molar-refractivity contribution in [1.82, 2.24) is 0 Å². The lowest BCUT2D eigenvalue weighted by molar-refractivity contribution is 0.192. The molecule has 21 heavy (non-hydrogen) atoms. The van der Waals surface area contributed by atoms with Gasteiger partial charge < -0.3 is 14.4 Å². The molecule has 0 spiro atoms. The SMILES string of the molecule is Cc1cccc2cc(C(O)c3cccc(N(C)C)c3)oc12. The second-order valence-corrected chi connectivity index (χ2v) is 5.53. The average molecular weight is 281 g/mol. The van der Waals surface area contributed by atoms with Gasteiger partial charge in [-0.05, 0) is 36.2 Å². The molecule has 0 saturated heterocycles. The zero-order chi connectivity index (χ0) is 15.0. The molecule has 2 aromatic carbocycles. The topological polar surface area (TPSA) is 36.6 Å². The first kappa shape index (κ1) is 13.7. The van der Waals surface area contributed by atoms with Crippen LogP contribution in [0.2, 0.25) is 0 Å². The summed E-state index contributed by atoms with van der Waals surface area (Å²) in [4.78, 5) is 2.01. The summed E-state index contributed by atoms with van der Waals surface area (Å²) < 4.78 is 5.85. The number of aliphatic hydroxyl groups is 1. The van der Waals surface area contributed by atoms with Crippen molar-refractivity contribution in [1.29, 1.82) is 0 Å². The second-order valence-electron chi connectivity index (χ2n) is 5.53. The number of anilines is 1. The number of aryl methyl sites for hydroxylation is 1. The highest BCUT2D eigenvalue weighted by atomic mass is 16.4. The standard InChI is InChI=1S/C18H19NO2/c1-12-6-4-8-14-11-16(21-18(12)14)17(20)13-7-5-9-15(10-13)19(2)3/h4-11,17,20H,1-3H3. The van der Waals surface area contributed by atoms with Gasteiger partial charge in [-0.15, -0.1) is 0 Å². The summed E-state index contributed by atoms with van der Waals surface area (Å²) in [5.74, 6) is 0.579. The van der Waals surface area contributed by atoms with E-state index in [1.54, 1.807) is 0 Å². The van der Waals surface area contributed by atoms with Gasteiger partial charge in [0.15, 0.2) is 0 Å². The summed E-state index contributed by atoms with van der Waals surface area (Å²) in [6.45, 7) is 2.01. The van der Waals surface area contributed by atoms with Crippen LogP contribution in [-0.2, 0) is 0 Å². The van der Waals surface area contributed by atoms with E-state index in [0.29, 0.717) is 5.76 Å². The number of aliphatic hydroxyl groups excluding tert-OH is 1. The van der Waals surface area contributed by atoms with Gasteiger partial charge in [0.25, 0.3) is 0 Å². The molecule has 0 fully saturated rings. The van der Waals surface area contributed by atoms with Crippen LogP contribution < -0.4 is 4.90 Å². The van der Waals surface area contributed by atoms with Gasteiger partial charge >= 0.3 is 0 Å². The van der Waals surface area contributed by atoms with Crippen LogP contribution in [0.15, 0.2) is 52.9 Å². The maximum absolute atomic E-state index is 10.6. The van der Waals surface area contributed by atoms with Crippen molar-refractivity contribution < 1.29 is 9.52 Å². The van der Waals surface area contributed by atoms with E-state index in [9.17, 15) is 5.11 Å². The van der Waals surface area contributed by atoms with Crippen LogP contribution in [0.3, 0.4) is 0 Å². The van der Waals surface area contributed by atoms with Crippen LogP contribution in [0.25, 0.3) is 11.0 Å². The fraction of sp³-hybridized carbons (Fsp3) is 0.222. The Morgan fingerprint density at radius 2 is 1.81 bits per heavy atom. The fourth-order valence-electron chi connectivity index (χ4n) is 2.50. The molecular formula is C18H19NO2. The Morgan fingerprint density at radius 1 is 1.05 bits per heavy atom. The van der Waals surface area contributed by atoms with Gasteiger partial charge in [0.1, 0.15) is 17.4 Å². The molecule has 0 aliphatic heterocycles. The third-order valence-corrected chi connectivity index (χ3v) is 3.73. The number of benzene rings is 2. The third-order valence-electron chi connectivity index (χ3n) is 3.73. The Labute approximate surface area is 124 Å². The van der Waals surface area contributed by atoms with E-state index in [4.69, 9.17) is 4.42 Å². The summed E-state index contributed by atoms with van der Waals surface area (Å²) in [6.07, 6.45) is -0.753. The maximum atomic E-state index is 10.6. The van der Waals surface area contributed by atoms with E-state index in [-0.39, 0.29) is 0 Å². The van der Waals surface area contributed by atoms with E-state index in [2.05, 4.69) is 0 Å². The lowest BCUT2D eigenvalue weighted by Gasteiger charge is -2.15. The summed E-state index contributed by atoms with van der Waals surface area (Å²) >= 11 is 0. The van der Waals surface area contributed by atoms with E-state index in [1.807, 2.05) is 74.4 Å². The normalized spacial score (nSPS) is 12.6. The molecule has 0 saturated carbocycles. The van der Waals surface area contributed by atoms with E-state index in [0.717, 1.165) is 27.8 Å². The molecule has 1 atom stereocenters. The molecular weight excluding hydrogens is 262 g/mol. The minimum Gasteiger partial charge on any atom is -0.458 e. The van der Waals surface area contributed by atoms with Crippen molar-refractivity contribution in [2.75, 3.05) is 19.0 Å². The zero-order valence-corrected chi connectivity index (χ0v) is 12.5. The molecule has 0 aliphatic carbocycles. The number of rotatable bonds is 3. The van der Waals surface area contributed by atoms with Crippen molar-refractivity contribution in [3.05, 3.63) is 65.4 Å². The monoisotopic (exact) mass is 281 g/mol. The van der Waals surface area contributed by atoms with E-state index in [1.165, 1.54) is 0 Å². The summed E-state index contributed by atoms with van der Waals surface area (Å²) in [6, 6.07) is 15.8. The molecule has 108 valence electrons. The molecule has 3 rings (SSSR count). The molecule has 1 heterocycles. The maximum Gasteiger partial charge on any atom is 0.138 e. The Hall–Kier alpha value is -2.26. The number of fused-ring (bicyclic) bond motifs is 1. The number of nitrogens with zero attached hydrogens (tertiary/aromatic N) is 1. The minimum absolute atomic E-state index is 0.579. The highest BCUT2D eigenvalue weighted by Crippen LogP contribution is 2.30. The predicted molar refractivity (Wildman–Crippen MR) is 85.8 cm³/mol. The largest absolute Gasteiger partial charge is 0.458 e. The first-order valence-corrected chi connectivity index (χ1v) is 7.00. The summed E-state index contributed by atoms with van der Waals surface area (Å²) in [5, 5.41) is 11.6. The second kappa shape index (κ2) is 5.26. The minimum atomic E-state index is -0.753. The van der Waals surface area contributed by atoms with Crippen molar-refractivity contribution in [3.8, 4) is 0 Å². The molecule has 1 N–H and O–H groups in total.